The van der Waals surface area contributed by atoms with Crippen LogP contribution in [0.25, 0.3) is 0 Å². The van der Waals surface area contributed by atoms with Gasteiger partial charge in [0, 0.05) is 6.54 Å². The normalized spacial score (nSPS) is 34.0. The van der Waals surface area contributed by atoms with Crippen LogP contribution in [0.15, 0.2) is 0 Å². The lowest BCUT2D eigenvalue weighted by Crippen LogP contribution is -2.40. The van der Waals surface area contributed by atoms with Gasteiger partial charge in [-0.2, -0.15) is 0 Å². The summed E-state index contributed by atoms with van der Waals surface area (Å²) in [5.41, 5.74) is 0. The average molecular weight is 182 g/mol. The molecule has 73 valence electrons. The molecule has 1 heterocycles. The molecule has 1 saturated heterocycles. The maximum Gasteiger partial charge on any atom is 0.407 e. The highest BCUT2D eigenvalue weighted by Crippen LogP contribution is 2.37. The zero-order valence-corrected chi connectivity index (χ0v) is 7.78. The van der Waals surface area contributed by atoms with Crippen LogP contribution in [0.5, 0.6) is 0 Å². The summed E-state index contributed by atoms with van der Waals surface area (Å²) in [5.74, 6) is 1.31. The SMILES string of the molecule is O=C(O)N1[CH]C2CCCCC2CC1. The van der Waals surface area contributed by atoms with Gasteiger partial charge in [0.25, 0.3) is 0 Å². The van der Waals surface area contributed by atoms with Crippen molar-refractivity contribution < 1.29 is 9.90 Å². The number of nitrogens with zero attached hydrogens (tertiary/aromatic N) is 1. The number of hydrogen-bond acceptors (Lipinski definition) is 1. The zero-order chi connectivity index (χ0) is 9.26. The third-order valence-electron chi connectivity index (χ3n) is 3.33. The molecule has 0 spiro atoms. The minimum Gasteiger partial charge on any atom is -0.465 e. The molecule has 0 aromatic rings. The van der Waals surface area contributed by atoms with Gasteiger partial charge in [-0.15, -0.1) is 0 Å². The van der Waals surface area contributed by atoms with Gasteiger partial charge in [0.2, 0.25) is 0 Å². The summed E-state index contributed by atoms with van der Waals surface area (Å²) in [6, 6.07) is 0. The molecular weight excluding hydrogens is 166 g/mol. The number of piperidine rings is 1. The largest absolute Gasteiger partial charge is 0.465 e. The van der Waals surface area contributed by atoms with Gasteiger partial charge < -0.3 is 10.0 Å². The molecule has 3 heteroatoms. The second-order valence-corrected chi connectivity index (χ2v) is 4.12. The van der Waals surface area contributed by atoms with E-state index in [1.54, 1.807) is 0 Å². The molecular formula is C10H16NO2. The summed E-state index contributed by atoms with van der Waals surface area (Å²) >= 11 is 0. The predicted molar refractivity (Wildman–Crippen MR) is 49.1 cm³/mol. The molecule has 1 radical (unpaired) electrons. The van der Waals surface area contributed by atoms with Crippen LogP contribution in [-0.4, -0.2) is 22.6 Å². The topological polar surface area (TPSA) is 40.5 Å². The molecule has 3 nitrogen and oxygen atoms in total. The zero-order valence-electron chi connectivity index (χ0n) is 7.78. The van der Waals surface area contributed by atoms with Crippen LogP contribution in [-0.2, 0) is 0 Å². The summed E-state index contributed by atoms with van der Waals surface area (Å²) in [5, 5.41) is 8.82. The van der Waals surface area contributed by atoms with E-state index in [4.69, 9.17) is 5.11 Å². The highest BCUT2D eigenvalue weighted by atomic mass is 16.4. The lowest BCUT2D eigenvalue weighted by Gasteiger charge is -2.39. The van der Waals surface area contributed by atoms with Crippen molar-refractivity contribution in [3.05, 3.63) is 6.54 Å². The predicted octanol–water partition coefficient (Wildman–Crippen LogP) is 2.34. The number of likely N-dealkylation sites (tertiary alicyclic amines) is 1. The number of hydrogen-bond donors (Lipinski definition) is 1. The Morgan fingerprint density at radius 1 is 1.31 bits per heavy atom. The smallest absolute Gasteiger partial charge is 0.407 e. The first-order valence-electron chi connectivity index (χ1n) is 5.12. The van der Waals surface area contributed by atoms with Gasteiger partial charge in [-0.1, -0.05) is 19.3 Å². The van der Waals surface area contributed by atoms with E-state index in [0.29, 0.717) is 12.5 Å². The molecule has 1 saturated carbocycles. The van der Waals surface area contributed by atoms with Crippen molar-refractivity contribution >= 4 is 6.09 Å². The molecule has 2 rings (SSSR count). The Balaban J connectivity index is 1.95. The summed E-state index contributed by atoms with van der Waals surface area (Å²) in [4.78, 5) is 12.2. The molecule has 1 amide bonds. The lowest BCUT2D eigenvalue weighted by molar-refractivity contribution is 0.107. The Labute approximate surface area is 78.7 Å². The molecule has 1 aliphatic carbocycles. The van der Waals surface area contributed by atoms with Crippen LogP contribution >= 0.6 is 0 Å². The Kier molecular flexibility index (Phi) is 2.42. The molecule has 2 aliphatic rings. The van der Waals surface area contributed by atoms with Gasteiger partial charge in [-0.3, -0.25) is 0 Å². The molecule has 2 atom stereocenters. The number of rotatable bonds is 0. The number of amides is 1. The number of carbonyl (C=O) groups is 1. The molecule has 0 bridgehead atoms. The minimum atomic E-state index is -0.788. The number of fused-ring (bicyclic) bond motifs is 1. The highest BCUT2D eigenvalue weighted by Gasteiger charge is 2.33. The summed E-state index contributed by atoms with van der Waals surface area (Å²) in [6.07, 6.45) is 5.37. The third-order valence-corrected chi connectivity index (χ3v) is 3.33. The van der Waals surface area contributed by atoms with Gasteiger partial charge >= 0.3 is 6.09 Å². The first-order chi connectivity index (χ1) is 6.27. The van der Waals surface area contributed by atoms with E-state index in [9.17, 15) is 4.79 Å². The van der Waals surface area contributed by atoms with Crippen molar-refractivity contribution in [1.29, 1.82) is 0 Å². The summed E-state index contributed by atoms with van der Waals surface area (Å²) < 4.78 is 0. The van der Waals surface area contributed by atoms with E-state index in [1.165, 1.54) is 30.6 Å². The Morgan fingerprint density at radius 2 is 2.08 bits per heavy atom. The van der Waals surface area contributed by atoms with Crippen LogP contribution in [0, 0.1) is 18.4 Å². The lowest BCUT2D eigenvalue weighted by atomic mass is 9.75. The molecule has 0 aromatic carbocycles. The highest BCUT2D eigenvalue weighted by molar-refractivity contribution is 5.66. The van der Waals surface area contributed by atoms with Crippen molar-refractivity contribution in [2.75, 3.05) is 6.54 Å². The van der Waals surface area contributed by atoms with Crippen molar-refractivity contribution in [3.8, 4) is 0 Å². The Bertz CT molecular complexity index is 205. The van der Waals surface area contributed by atoms with Gasteiger partial charge in [0.05, 0.1) is 6.54 Å². The Morgan fingerprint density at radius 3 is 2.85 bits per heavy atom. The summed E-state index contributed by atoms with van der Waals surface area (Å²) in [7, 11) is 0. The van der Waals surface area contributed by atoms with Crippen LogP contribution < -0.4 is 0 Å². The van der Waals surface area contributed by atoms with Gasteiger partial charge in [-0.25, -0.2) is 4.79 Å². The van der Waals surface area contributed by atoms with E-state index < -0.39 is 6.09 Å². The van der Waals surface area contributed by atoms with E-state index >= 15 is 0 Å². The fourth-order valence-electron chi connectivity index (χ4n) is 2.56. The quantitative estimate of drug-likeness (QED) is 0.624. The van der Waals surface area contributed by atoms with Crippen molar-refractivity contribution in [2.45, 2.75) is 32.1 Å². The van der Waals surface area contributed by atoms with Crippen molar-refractivity contribution in [2.24, 2.45) is 11.8 Å². The second-order valence-electron chi connectivity index (χ2n) is 4.12. The molecule has 2 fully saturated rings. The van der Waals surface area contributed by atoms with Crippen LogP contribution in [0.4, 0.5) is 4.79 Å². The first-order valence-corrected chi connectivity index (χ1v) is 5.12. The van der Waals surface area contributed by atoms with E-state index in [1.807, 2.05) is 6.54 Å². The van der Waals surface area contributed by atoms with Crippen LogP contribution in [0.1, 0.15) is 32.1 Å². The molecule has 2 unspecified atom stereocenters. The van der Waals surface area contributed by atoms with E-state index in [2.05, 4.69) is 0 Å². The maximum atomic E-state index is 10.7. The standard InChI is InChI=1S/C10H16NO2/c12-10(13)11-6-5-8-3-1-2-4-9(8)7-11/h7-9H,1-6H2,(H,12,13). The molecule has 1 N–H and O–H groups in total. The average Bonchev–Trinajstić information content (AvgIpc) is 2.17. The van der Waals surface area contributed by atoms with E-state index in [0.717, 1.165) is 12.3 Å². The van der Waals surface area contributed by atoms with Gasteiger partial charge in [0.15, 0.2) is 0 Å². The maximum absolute atomic E-state index is 10.7. The fraction of sp³-hybridized carbons (Fsp3) is 0.800. The van der Waals surface area contributed by atoms with Crippen molar-refractivity contribution in [3.63, 3.8) is 0 Å². The number of carboxylic acid groups (broad SMARTS) is 1. The van der Waals surface area contributed by atoms with Gasteiger partial charge in [-0.05, 0) is 24.7 Å². The summed E-state index contributed by atoms with van der Waals surface area (Å²) in [6.45, 7) is 2.64. The van der Waals surface area contributed by atoms with Gasteiger partial charge in [0.1, 0.15) is 0 Å². The first kappa shape index (κ1) is 8.85. The van der Waals surface area contributed by atoms with E-state index in [-0.39, 0.29) is 0 Å². The molecule has 0 aromatic heterocycles. The van der Waals surface area contributed by atoms with Crippen LogP contribution in [0.2, 0.25) is 0 Å². The van der Waals surface area contributed by atoms with Crippen molar-refractivity contribution in [1.82, 2.24) is 4.90 Å². The minimum absolute atomic E-state index is 0.540. The fourth-order valence-corrected chi connectivity index (χ4v) is 2.56. The Hall–Kier alpha value is -0.730. The second kappa shape index (κ2) is 3.56. The van der Waals surface area contributed by atoms with Crippen LogP contribution in [0.3, 0.4) is 0 Å². The monoisotopic (exact) mass is 182 g/mol. The molecule has 13 heavy (non-hydrogen) atoms. The molecule has 1 aliphatic heterocycles. The third kappa shape index (κ3) is 1.79.